The van der Waals surface area contributed by atoms with Gasteiger partial charge in [-0.25, -0.2) is 0 Å². The van der Waals surface area contributed by atoms with Crippen LogP contribution in [-0.2, 0) is 4.74 Å². The Morgan fingerprint density at radius 2 is 1.75 bits per heavy atom. The van der Waals surface area contributed by atoms with Crippen molar-refractivity contribution < 1.29 is 4.74 Å². The molecule has 0 bridgehead atoms. The van der Waals surface area contributed by atoms with Gasteiger partial charge in [0, 0.05) is 32.8 Å². The normalized spacial score (nSPS) is 19.2. The van der Waals surface area contributed by atoms with E-state index < -0.39 is 0 Å². The summed E-state index contributed by atoms with van der Waals surface area (Å²) in [5, 5.41) is 3.70. The number of hydrogen-bond acceptors (Lipinski definition) is 3. The number of hydrogen-bond donors (Lipinski definition) is 1. The molecule has 0 saturated carbocycles. The third-order valence-electron chi connectivity index (χ3n) is 4.24. The first-order valence-corrected chi connectivity index (χ1v) is 8.48. The lowest BCUT2D eigenvalue weighted by molar-refractivity contribution is -0.00541. The molecule has 1 fully saturated rings. The summed E-state index contributed by atoms with van der Waals surface area (Å²) in [5.74, 6) is 1.47. The van der Waals surface area contributed by atoms with Crippen molar-refractivity contribution in [3.8, 4) is 0 Å². The summed E-state index contributed by atoms with van der Waals surface area (Å²) in [6, 6.07) is 0. The number of rotatable bonds is 9. The first kappa shape index (κ1) is 17.9. The van der Waals surface area contributed by atoms with Crippen LogP contribution in [0.3, 0.4) is 0 Å². The van der Waals surface area contributed by atoms with Crippen LogP contribution in [0.15, 0.2) is 0 Å². The van der Waals surface area contributed by atoms with Gasteiger partial charge in [0.15, 0.2) is 0 Å². The maximum Gasteiger partial charge on any atom is 0.0472 e. The molecule has 0 aliphatic carbocycles. The average molecular weight is 284 g/mol. The molecule has 120 valence electrons. The minimum atomic E-state index is 0.415. The Labute approximate surface area is 126 Å². The molecule has 1 aliphatic heterocycles. The fourth-order valence-corrected chi connectivity index (χ4v) is 3.12. The Morgan fingerprint density at radius 1 is 1.10 bits per heavy atom. The van der Waals surface area contributed by atoms with Gasteiger partial charge in [-0.05, 0) is 43.2 Å². The van der Waals surface area contributed by atoms with E-state index in [-0.39, 0.29) is 0 Å². The zero-order valence-electron chi connectivity index (χ0n) is 14.4. The summed E-state index contributed by atoms with van der Waals surface area (Å²) in [5.41, 5.74) is 0.415. The van der Waals surface area contributed by atoms with Crippen molar-refractivity contribution in [3.63, 3.8) is 0 Å². The van der Waals surface area contributed by atoms with Crippen molar-refractivity contribution in [3.05, 3.63) is 0 Å². The van der Waals surface area contributed by atoms with E-state index in [2.05, 4.69) is 44.8 Å². The van der Waals surface area contributed by atoms with Crippen molar-refractivity contribution in [2.75, 3.05) is 45.9 Å². The summed E-state index contributed by atoms with van der Waals surface area (Å²) in [4.78, 5) is 2.63. The maximum atomic E-state index is 5.60. The van der Waals surface area contributed by atoms with Gasteiger partial charge in [-0.1, -0.05) is 34.6 Å². The van der Waals surface area contributed by atoms with Gasteiger partial charge in [0.2, 0.25) is 0 Å². The molecule has 3 nitrogen and oxygen atoms in total. The van der Waals surface area contributed by atoms with Crippen molar-refractivity contribution in [2.45, 2.75) is 47.5 Å². The Hall–Kier alpha value is -0.120. The predicted octanol–water partition coefficient (Wildman–Crippen LogP) is 3.01. The second-order valence-electron chi connectivity index (χ2n) is 7.36. The van der Waals surface area contributed by atoms with Crippen LogP contribution < -0.4 is 5.32 Å². The molecule has 1 heterocycles. The highest BCUT2D eigenvalue weighted by Crippen LogP contribution is 2.31. The van der Waals surface area contributed by atoms with Crippen molar-refractivity contribution in [1.29, 1.82) is 0 Å². The first-order chi connectivity index (χ1) is 9.47. The van der Waals surface area contributed by atoms with Gasteiger partial charge in [0.05, 0.1) is 0 Å². The number of ether oxygens (including phenoxy) is 1. The summed E-state index contributed by atoms with van der Waals surface area (Å²) in [6.45, 7) is 19.2. The molecular weight excluding hydrogens is 248 g/mol. The standard InChI is InChI=1S/C17H36N2O/c1-6-19(12-16(4)5)14-17(7-9-20-10-8-17)13-18-11-15(2)3/h15-16,18H,6-14H2,1-5H3. The highest BCUT2D eigenvalue weighted by Gasteiger charge is 2.34. The molecule has 3 heteroatoms. The van der Waals surface area contributed by atoms with E-state index in [1.165, 1.54) is 25.9 Å². The minimum absolute atomic E-state index is 0.415. The topological polar surface area (TPSA) is 24.5 Å². The number of nitrogens with zero attached hydrogens (tertiary/aromatic N) is 1. The summed E-state index contributed by atoms with van der Waals surface area (Å²) >= 11 is 0. The molecule has 0 radical (unpaired) electrons. The van der Waals surface area contributed by atoms with E-state index in [9.17, 15) is 0 Å². The molecule has 1 saturated heterocycles. The Bertz CT molecular complexity index is 247. The Morgan fingerprint density at radius 3 is 2.25 bits per heavy atom. The van der Waals surface area contributed by atoms with Gasteiger partial charge < -0.3 is 15.0 Å². The summed E-state index contributed by atoms with van der Waals surface area (Å²) in [6.07, 6.45) is 2.40. The van der Waals surface area contributed by atoms with Crippen molar-refractivity contribution in [2.24, 2.45) is 17.3 Å². The molecule has 1 N–H and O–H groups in total. The largest absolute Gasteiger partial charge is 0.381 e. The highest BCUT2D eigenvalue weighted by molar-refractivity contribution is 4.87. The predicted molar refractivity (Wildman–Crippen MR) is 87.1 cm³/mol. The van der Waals surface area contributed by atoms with Gasteiger partial charge in [-0.15, -0.1) is 0 Å². The smallest absolute Gasteiger partial charge is 0.0472 e. The Kier molecular flexibility index (Phi) is 8.08. The quantitative estimate of drug-likeness (QED) is 0.704. The van der Waals surface area contributed by atoms with Crippen LogP contribution in [0.25, 0.3) is 0 Å². The summed E-state index contributed by atoms with van der Waals surface area (Å²) in [7, 11) is 0. The zero-order chi connectivity index (χ0) is 15.0. The van der Waals surface area contributed by atoms with Crippen LogP contribution in [0.4, 0.5) is 0 Å². The molecule has 0 aromatic rings. The fraction of sp³-hybridized carbons (Fsp3) is 1.00. The van der Waals surface area contributed by atoms with Crippen LogP contribution in [0.5, 0.6) is 0 Å². The lowest BCUT2D eigenvalue weighted by Gasteiger charge is -2.41. The average Bonchev–Trinajstić information content (AvgIpc) is 2.38. The van der Waals surface area contributed by atoms with E-state index in [0.717, 1.165) is 44.7 Å². The SMILES string of the molecule is CCN(CC(C)C)CC1(CNCC(C)C)CCOCC1. The third-order valence-corrected chi connectivity index (χ3v) is 4.24. The second-order valence-corrected chi connectivity index (χ2v) is 7.36. The molecule has 0 unspecified atom stereocenters. The van der Waals surface area contributed by atoms with Gasteiger partial charge in [-0.3, -0.25) is 0 Å². The molecule has 1 aliphatic rings. The maximum absolute atomic E-state index is 5.60. The fourth-order valence-electron chi connectivity index (χ4n) is 3.12. The van der Waals surface area contributed by atoms with Crippen LogP contribution in [0, 0.1) is 17.3 Å². The highest BCUT2D eigenvalue weighted by atomic mass is 16.5. The molecule has 0 aromatic heterocycles. The Balaban J connectivity index is 2.56. The van der Waals surface area contributed by atoms with Crippen molar-refractivity contribution in [1.82, 2.24) is 10.2 Å². The van der Waals surface area contributed by atoms with Crippen LogP contribution in [-0.4, -0.2) is 50.8 Å². The van der Waals surface area contributed by atoms with Gasteiger partial charge in [0.25, 0.3) is 0 Å². The van der Waals surface area contributed by atoms with Gasteiger partial charge in [-0.2, -0.15) is 0 Å². The van der Waals surface area contributed by atoms with Crippen molar-refractivity contribution >= 4 is 0 Å². The molecule has 0 aromatic carbocycles. The minimum Gasteiger partial charge on any atom is -0.381 e. The molecule has 20 heavy (non-hydrogen) atoms. The van der Waals surface area contributed by atoms with Gasteiger partial charge in [0.1, 0.15) is 0 Å². The molecule has 0 spiro atoms. The molecule has 1 rings (SSSR count). The molecule has 0 atom stereocenters. The van der Waals surface area contributed by atoms with Gasteiger partial charge >= 0.3 is 0 Å². The molecular formula is C17H36N2O. The van der Waals surface area contributed by atoms with E-state index in [0.29, 0.717) is 5.41 Å². The van der Waals surface area contributed by atoms with Crippen LogP contribution in [0.1, 0.15) is 47.5 Å². The van der Waals surface area contributed by atoms with E-state index in [1.54, 1.807) is 0 Å². The second kappa shape index (κ2) is 9.01. The van der Waals surface area contributed by atoms with E-state index in [4.69, 9.17) is 4.74 Å². The van der Waals surface area contributed by atoms with E-state index in [1.807, 2.05) is 0 Å². The lowest BCUT2D eigenvalue weighted by Crippen LogP contribution is -2.48. The summed E-state index contributed by atoms with van der Waals surface area (Å²) < 4.78 is 5.60. The molecule has 0 amide bonds. The third kappa shape index (κ3) is 6.55. The monoisotopic (exact) mass is 284 g/mol. The van der Waals surface area contributed by atoms with Crippen LogP contribution >= 0.6 is 0 Å². The van der Waals surface area contributed by atoms with Crippen LogP contribution in [0.2, 0.25) is 0 Å². The van der Waals surface area contributed by atoms with E-state index >= 15 is 0 Å². The zero-order valence-corrected chi connectivity index (χ0v) is 14.4. The number of nitrogens with one attached hydrogen (secondary N) is 1. The lowest BCUT2D eigenvalue weighted by atomic mass is 9.79. The first-order valence-electron chi connectivity index (χ1n) is 8.48.